The molecule has 12 heteroatoms. The lowest BCUT2D eigenvalue weighted by Gasteiger charge is -2.25. The number of amides is 1. The third-order valence-corrected chi connectivity index (χ3v) is 8.62. The van der Waals surface area contributed by atoms with Gasteiger partial charge in [0.2, 0.25) is 0 Å². The minimum absolute atomic E-state index is 0.116. The number of non-ortho nitro benzene ring substituents is 1. The van der Waals surface area contributed by atoms with Gasteiger partial charge in [-0.1, -0.05) is 59.9 Å². The Balaban J connectivity index is 1.50. The Morgan fingerprint density at radius 3 is 2.42 bits per heavy atom. The Morgan fingerprint density at radius 1 is 1.02 bits per heavy atom. The average Bonchev–Trinajstić information content (AvgIpc) is 3.32. The van der Waals surface area contributed by atoms with Gasteiger partial charge in [0.1, 0.15) is 0 Å². The number of hydrogen-bond donors (Lipinski definition) is 1. The average molecular weight is 607 g/mol. The Bertz CT molecular complexity index is 2060. The van der Waals surface area contributed by atoms with Gasteiger partial charge in [-0.05, 0) is 60.2 Å². The second kappa shape index (κ2) is 12.0. The molecule has 1 aliphatic heterocycles. The summed E-state index contributed by atoms with van der Waals surface area (Å²) in [5.41, 5.74) is 2.19. The topological polar surface area (TPSA) is 132 Å². The van der Waals surface area contributed by atoms with Crippen molar-refractivity contribution in [2.75, 3.05) is 5.32 Å². The van der Waals surface area contributed by atoms with E-state index in [1.165, 1.54) is 28.5 Å². The van der Waals surface area contributed by atoms with E-state index in [4.69, 9.17) is 0 Å². The first-order valence-electron chi connectivity index (χ1n) is 13.1. The number of carbonyl (C=O) groups excluding carboxylic acids is 1. The number of aromatic nitrogens is 3. The van der Waals surface area contributed by atoms with Crippen molar-refractivity contribution >= 4 is 46.5 Å². The van der Waals surface area contributed by atoms with Crippen LogP contribution in [0.5, 0.6) is 0 Å². The minimum Gasteiger partial charge on any atom is -0.322 e. The number of nitro benzene ring substituents is 1. The molecule has 3 heterocycles. The molecule has 0 radical (unpaired) electrons. The molecule has 0 saturated carbocycles. The Morgan fingerprint density at radius 2 is 1.72 bits per heavy atom. The lowest BCUT2D eigenvalue weighted by Crippen LogP contribution is -2.40. The molecule has 212 valence electrons. The van der Waals surface area contributed by atoms with Crippen LogP contribution in [0.15, 0.2) is 128 Å². The molecule has 10 nitrogen and oxygen atoms in total. The van der Waals surface area contributed by atoms with E-state index in [-0.39, 0.29) is 17.2 Å². The zero-order chi connectivity index (χ0) is 29.9. The molecule has 1 N–H and O–H groups in total. The minimum atomic E-state index is -0.736. The molecule has 0 aliphatic carbocycles. The van der Waals surface area contributed by atoms with E-state index in [9.17, 15) is 19.7 Å². The van der Waals surface area contributed by atoms with Gasteiger partial charge in [-0.15, -0.1) is 0 Å². The van der Waals surface area contributed by atoms with Crippen LogP contribution in [-0.4, -0.2) is 25.4 Å². The number of allylic oxidation sites excluding steroid dienone is 1. The van der Waals surface area contributed by atoms with E-state index >= 15 is 0 Å². The number of nitro groups is 1. The molecule has 0 unspecified atom stereocenters. The lowest BCUT2D eigenvalue weighted by molar-refractivity contribution is -0.384. The quantitative estimate of drug-likeness (QED) is 0.161. The van der Waals surface area contributed by atoms with Crippen molar-refractivity contribution in [1.82, 2.24) is 14.5 Å². The predicted molar refractivity (Wildman–Crippen MR) is 165 cm³/mol. The number of benzene rings is 3. The molecule has 5 aromatic rings. The lowest BCUT2D eigenvalue weighted by atomic mass is 9.95. The van der Waals surface area contributed by atoms with Gasteiger partial charge in [0.15, 0.2) is 9.96 Å². The number of nitrogens with zero attached hydrogens (tertiary/aromatic N) is 5. The number of thiazole rings is 1. The molecule has 2 aromatic heterocycles. The summed E-state index contributed by atoms with van der Waals surface area (Å²) in [6.07, 6.45) is 4.83. The van der Waals surface area contributed by atoms with Gasteiger partial charge in [-0.2, -0.15) is 0 Å². The molecule has 1 atom stereocenters. The molecule has 0 fully saturated rings. The largest absolute Gasteiger partial charge is 0.322 e. The maximum atomic E-state index is 14.1. The predicted octanol–water partition coefficient (Wildman–Crippen LogP) is 4.72. The van der Waals surface area contributed by atoms with Crippen molar-refractivity contribution in [3.05, 3.63) is 150 Å². The van der Waals surface area contributed by atoms with E-state index in [2.05, 4.69) is 20.3 Å². The standard InChI is InChI=1S/C31H22N6O4S2/c1-19-26(28(38)35-22-11-6-3-7-12-22)27(20-9-4-2-5-10-20)36-29(39)25(43-31(36)34-19)18-21-17-23(37(40)41)13-14-24(21)42-30-32-15-8-16-33-30/h2-18,27H,1H3,(H,35,38)/b25-18+/t27-/m0/s1. The van der Waals surface area contributed by atoms with E-state index in [1.807, 2.05) is 48.5 Å². The fourth-order valence-corrected chi connectivity index (χ4v) is 6.55. The third-order valence-electron chi connectivity index (χ3n) is 6.65. The number of fused-ring (bicyclic) bond motifs is 1. The Hall–Kier alpha value is -5.20. The highest BCUT2D eigenvalue weighted by Crippen LogP contribution is 2.32. The summed E-state index contributed by atoms with van der Waals surface area (Å²) >= 11 is 2.39. The third kappa shape index (κ3) is 5.78. The fourth-order valence-electron chi connectivity index (χ4n) is 4.72. The van der Waals surface area contributed by atoms with Crippen molar-refractivity contribution in [3.63, 3.8) is 0 Å². The number of carbonyl (C=O) groups is 1. The van der Waals surface area contributed by atoms with Crippen LogP contribution in [0.25, 0.3) is 6.08 Å². The Kier molecular flexibility index (Phi) is 7.77. The monoisotopic (exact) mass is 606 g/mol. The maximum Gasteiger partial charge on any atom is 0.271 e. The maximum absolute atomic E-state index is 14.1. The normalized spacial score (nSPS) is 14.6. The molecular weight excluding hydrogens is 585 g/mol. The van der Waals surface area contributed by atoms with E-state index in [0.29, 0.717) is 41.9 Å². The number of para-hydroxylation sites is 1. The SMILES string of the molecule is CC1=C(C(=O)Nc2ccccc2)[C@H](c2ccccc2)n2c(s/c(=C/c3cc([N+](=O)[O-])ccc3Sc3ncccn3)c2=O)=N1. The van der Waals surface area contributed by atoms with Gasteiger partial charge in [-0.25, -0.2) is 15.0 Å². The summed E-state index contributed by atoms with van der Waals surface area (Å²) in [5.74, 6) is -0.365. The first-order chi connectivity index (χ1) is 20.9. The molecule has 0 saturated heterocycles. The van der Waals surface area contributed by atoms with Crippen LogP contribution in [-0.2, 0) is 4.79 Å². The summed E-state index contributed by atoms with van der Waals surface area (Å²) in [6.45, 7) is 1.75. The molecule has 6 rings (SSSR count). The molecule has 43 heavy (non-hydrogen) atoms. The number of hydrogen-bond acceptors (Lipinski definition) is 9. The molecule has 3 aromatic carbocycles. The zero-order valence-corrected chi connectivity index (χ0v) is 24.2. The van der Waals surface area contributed by atoms with Crippen LogP contribution in [0.2, 0.25) is 0 Å². The van der Waals surface area contributed by atoms with Crippen molar-refractivity contribution in [2.24, 2.45) is 4.99 Å². The summed E-state index contributed by atoms with van der Waals surface area (Å²) in [5, 5.41) is 15.0. The first kappa shape index (κ1) is 27.9. The first-order valence-corrected chi connectivity index (χ1v) is 14.7. The van der Waals surface area contributed by atoms with Gasteiger partial charge in [0.25, 0.3) is 17.2 Å². The second-order valence-electron chi connectivity index (χ2n) is 9.43. The molecule has 1 aliphatic rings. The zero-order valence-electron chi connectivity index (χ0n) is 22.6. The van der Waals surface area contributed by atoms with Crippen LogP contribution < -0.4 is 20.2 Å². The van der Waals surface area contributed by atoms with Crippen molar-refractivity contribution in [3.8, 4) is 0 Å². The molecule has 0 bridgehead atoms. The molecule has 1 amide bonds. The van der Waals surface area contributed by atoms with Crippen LogP contribution in [0.1, 0.15) is 24.1 Å². The molecular formula is C31H22N6O4S2. The number of nitrogens with one attached hydrogen (secondary N) is 1. The Labute approximate surface area is 253 Å². The summed E-state index contributed by atoms with van der Waals surface area (Å²) in [6, 6.07) is 23.8. The smallest absolute Gasteiger partial charge is 0.271 e. The summed E-state index contributed by atoms with van der Waals surface area (Å²) in [7, 11) is 0. The number of anilines is 1. The number of rotatable bonds is 7. The highest BCUT2D eigenvalue weighted by atomic mass is 32.2. The van der Waals surface area contributed by atoms with Crippen LogP contribution in [0.3, 0.4) is 0 Å². The van der Waals surface area contributed by atoms with Crippen LogP contribution in [0, 0.1) is 10.1 Å². The van der Waals surface area contributed by atoms with Gasteiger partial charge < -0.3 is 5.32 Å². The van der Waals surface area contributed by atoms with E-state index < -0.39 is 11.0 Å². The van der Waals surface area contributed by atoms with Gasteiger partial charge in [0, 0.05) is 35.1 Å². The molecule has 0 spiro atoms. The van der Waals surface area contributed by atoms with Gasteiger partial charge >= 0.3 is 0 Å². The van der Waals surface area contributed by atoms with E-state index in [0.717, 1.165) is 16.9 Å². The van der Waals surface area contributed by atoms with Crippen molar-refractivity contribution in [1.29, 1.82) is 0 Å². The summed E-state index contributed by atoms with van der Waals surface area (Å²) < 4.78 is 1.83. The van der Waals surface area contributed by atoms with Gasteiger partial charge in [-0.3, -0.25) is 24.3 Å². The second-order valence-corrected chi connectivity index (χ2v) is 11.4. The highest BCUT2D eigenvalue weighted by molar-refractivity contribution is 7.99. The van der Waals surface area contributed by atoms with Gasteiger partial charge in [0.05, 0.1) is 26.8 Å². The fraction of sp³-hybridized carbons (Fsp3) is 0.0645. The van der Waals surface area contributed by atoms with Crippen LogP contribution >= 0.6 is 23.1 Å². The van der Waals surface area contributed by atoms with Crippen molar-refractivity contribution < 1.29 is 9.72 Å². The summed E-state index contributed by atoms with van der Waals surface area (Å²) in [4.78, 5) is 53.1. The highest BCUT2D eigenvalue weighted by Gasteiger charge is 2.32. The van der Waals surface area contributed by atoms with Crippen molar-refractivity contribution in [2.45, 2.75) is 23.0 Å². The van der Waals surface area contributed by atoms with E-state index in [1.54, 1.807) is 49.7 Å². The van der Waals surface area contributed by atoms with Crippen LogP contribution in [0.4, 0.5) is 11.4 Å².